The molecule has 4 aliphatic heterocycles. The first-order chi connectivity index (χ1) is 22.5. The first-order valence-electron chi connectivity index (χ1n) is 15.4. The summed E-state index contributed by atoms with van der Waals surface area (Å²) in [5, 5.41) is 16.9. The van der Waals surface area contributed by atoms with E-state index in [2.05, 4.69) is 16.0 Å². The maximum Gasteiger partial charge on any atom is 0.352 e. The van der Waals surface area contributed by atoms with Crippen LogP contribution in [0.1, 0.15) is 39.5 Å². The van der Waals surface area contributed by atoms with Crippen LogP contribution in [0.5, 0.6) is 0 Å². The van der Waals surface area contributed by atoms with E-state index < -0.39 is 70.4 Å². The van der Waals surface area contributed by atoms with Gasteiger partial charge in [0.2, 0.25) is 11.8 Å². The van der Waals surface area contributed by atoms with Crippen molar-refractivity contribution in [3.8, 4) is 0 Å². The van der Waals surface area contributed by atoms with Crippen LogP contribution in [0.25, 0.3) is 0 Å². The minimum absolute atomic E-state index is 0.0692. The zero-order chi connectivity index (χ0) is 33.6. The Morgan fingerprint density at radius 1 is 0.809 bits per heavy atom. The van der Waals surface area contributed by atoms with E-state index in [1.165, 1.54) is 33.3 Å². The second kappa shape index (κ2) is 13.2. The van der Waals surface area contributed by atoms with Crippen molar-refractivity contribution in [2.75, 3.05) is 11.5 Å². The summed E-state index contributed by atoms with van der Waals surface area (Å²) in [4.78, 5) is 81.4. The number of carboxylic acids is 1. The molecule has 13 nitrogen and oxygen atoms in total. The monoisotopic (exact) mass is 680 g/mol. The Morgan fingerprint density at radius 2 is 1.32 bits per heavy atom. The molecule has 15 heteroatoms. The third-order valence-electron chi connectivity index (χ3n) is 8.99. The predicted octanol–water partition coefficient (Wildman–Crippen LogP) is 0.784. The van der Waals surface area contributed by atoms with Gasteiger partial charge in [0.25, 0.3) is 17.7 Å². The second-order valence-electron chi connectivity index (χ2n) is 12.1. The van der Waals surface area contributed by atoms with Crippen molar-refractivity contribution in [2.24, 2.45) is 5.73 Å². The van der Waals surface area contributed by atoms with Crippen LogP contribution in [0, 0.1) is 0 Å². The Morgan fingerprint density at radius 3 is 1.85 bits per heavy atom. The fourth-order valence-electron chi connectivity index (χ4n) is 6.47. The van der Waals surface area contributed by atoms with Crippen molar-refractivity contribution >= 4 is 59.0 Å². The molecule has 6 aliphatic rings. The van der Waals surface area contributed by atoms with Gasteiger partial charge in [0.15, 0.2) is 0 Å². The molecule has 0 spiro atoms. The summed E-state index contributed by atoms with van der Waals surface area (Å²) in [7, 11) is 0. The van der Waals surface area contributed by atoms with Crippen molar-refractivity contribution in [2.45, 2.75) is 74.4 Å². The number of amides is 5. The smallest absolute Gasteiger partial charge is 0.352 e. The van der Waals surface area contributed by atoms with Crippen molar-refractivity contribution in [1.82, 2.24) is 25.8 Å². The van der Waals surface area contributed by atoms with Gasteiger partial charge in [-0.2, -0.15) is 0 Å². The third kappa shape index (κ3) is 5.95. The highest BCUT2D eigenvalue weighted by Gasteiger charge is 2.56. The normalized spacial score (nSPS) is 27.8. The number of nitrogens with two attached hydrogens (primary N) is 1. The molecule has 4 heterocycles. The Balaban J connectivity index is 1.15. The fourth-order valence-corrected chi connectivity index (χ4v) is 9.05. The van der Waals surface area contributed by atoms with E-state index in [1.807, 2.05) is 36.5 Å². The predicted molar refractivity (Wildman–Crippen MR) is 176 cm³/mol. The third-order valence-corrected chi connectivity index (χ3v) is 11.8. The van der Waals surface area contributed by atoms with E-state index in [-0.39, 0.29) is 11.4 Å². The van der Waals surface area contributed by atoms with Gasteiger partial charge in [0.1, 0.15) is 46.3 Å². The molecule has 0 unspecified atom stereocenters. The van der Waals surface area contributed by atoms with Gasteiger partial charge >= 0.3 is 5.97 Å². The number of carbonyl (C=O) groups excluding carboxylic acids is 5. The summed E-state index contributed by atoms with van der Waals surface area (Å²) in [6, 6.07) is -3.84. The lowest BCUT2D eigenvalue weighted by atomic mass is 9.95. The van der Waals surface area contributed by atoms with Crippen molar-refractivity contribution < 1.29 is 33.9 Å². The van der Waals surface area contributed by atoms with Crippen LogP contribution in [0.4, 0.5) is 0 Å². The Kier molecular flexibility index (Phi) is 9.23. The second-order valence-corrected chi connectivity index (χ2v) is 14.3. The Labute approximate surface area is 279 Å². The van der Waals surface area contributed by atoms with E-state index in [0.29, 0.717) is 53.9 Å². The Bertz CT molecular complexity index is 1640. The average molecular weight is 681 g/mol. The number of allylic oxidation sites excluding steroid dienone is 6. The number of nitrogens with one attached hydrogen (secondary N) is 3. The Hall–Kier alpha value is -4.08. The number of β-lactam (4-membered cyclic amide) rings is 2. The largest absolute Gasteiger partial charge is 0.477 e. The van der Waals surface area contributed by atoms with Crippen molar-refractivity contribution in [3.05, 3.63) is 70.1 Å². The number of rotatable bonds is 9. The molecule has 47 heavy (non-hydrogen) atoms. The zero-order valence-corrected chi connectivity index (χ0v) is 27.5. The van der Waals surface area contributed by atoms with E-state index in [1.54, 1.807) is 13.8 Å². The lowest BCUT2D eigenvalue weighted by Gasteiger charge is -2.50. The number of hydrogen-bond donors (Lipinski definition) is 5. The molecule has 2 fully saturated rings. The molecular weight excluding hydrogens is 645 g/mol. The van der Waals surface area contributed by atoms with Crippen molar-refractivity contribution in [3.63, 3.8) is 0 Å². The standard InChI is InChI=1S/C32H36N6O7S2/c1-15-13-46-30-21(35-25(39)19(33)17-9-5-3-6-10-17)28(42)37(30)23(15)27(41)34-20(18-11-7-4-8-12-18)26(40)36-22-29(43)38-24(32(44)45)16(2)14-47-31(22)38/h3-5,7,10,12,19-22,30-31H,6,8-9,11,13-14,33H2,1-2H3,(H,34,41)(H,35,39)(H,36,40)(H,44,45)/t19-,20-,21-,22-,30-,31-/m1/s1. The van der Waals surface area contributed by atoms with E-state index in [9.17, 15) is 33.9 Å². The van der Waals surface area contributed by atoms with Crippen LogP contribution in [-0.4, -0.2) is 96.8 Å². The van der Waals surface area contributed by atoms with Crippen molar-refractivity contribution in [1.29, 1.82) is 0 Å². The first kappa shape index (κ1) is 32.8. The molecule has 5 amide bonds. The van der Waals surface area contributed by atoms with E-state index >= 15 is 0 Å². The number of fused-ring (bicyclic) bond motifs is 2. The number of nitrogens with zero attached hydrogens (tertiary/aromatic N) is 2. The van der Waals surface area contributed by atoms with Gasteiger partial charge in [-0.05, 0) is 61.8 Å². The maximum absolute atomic E-state index is 13.9. The van der Waals surface area contributed by atoms with Crippen LogP contribution in [0.2, 0.25) is 0 Å². The summed E-state index contributed by atoms with van der Waals surface area (Å²) >= 11 is 2.79. The van der Waals surface area contributed by atoms with E-state index in [0.717, 1.165) is 5.57 Å². The number of aliphatic carboxylic acids is 1. The summed E-state index contributed by atoms with van der Waals surface area (Å²) < 4.78 is 0. The first-order valence-corrected chi connectivity index (χ1v) is 17.5. The molecule has 6 N–H and O–H groups in total. The van der Waals surface area contributed by atoms with Crippen LogP contribution < -0.4 is 21.7 Å². The van der Waals surface area contributed by atoms with Gasteiger partial charge in [0, 0.05) is 11.5 Å². The topological polar surface area (TPSA) is 191 Å². The molecule has 0 radical (unpaired) electrons. The highest BCUT2D eigenvalue weighted by molar-refractivity contribution is 8.00. The van der Waals surface area contributed by atoms with E-state index in [4.69, 9.17) is 5.73 Å². The highest BCUT2D eigenvalue weighted by Crippen LogP contribution is 2.41. The number of hydrogen-bond acceptors (Lipinski definition) is 9. The fraction of sp³-hybridized carbons (Fsp3) is 0.438. The molecule has 248 valence electrons. The molecule has 6 rings (SSSR count). The molecule has 0 bridgehead atoms. The van der Waals surface area contributed by atoms with Gasteiger partial charge in [-0.25, -0.2) is 4.79 Å². The van der Waals surface area contributed by atoms with Crippen LogP contribution >= 0.6 is 23.5 Å². The number of carbonyl (C=O) groups is 6. The summed E-state index contributed by atoms with van der Waals surface area (Å²) in [5.74, 6) is -3.05. The molecule has 0 saturated carbocycles. The van der Waals surface area contributed by atoms with Crippen LogP contribution in [-0.2, 0) is 28.8 Å². The lowest BCUT2D eigenvalue weighted by Crippen LogP contribution is -2.72. The van der Waals surface area contributed by atoms with Crippen LogP contribution in [0.3, 0.4) is 0 Å². The molecular formula is C32H36N6O7S2. The minimum atomic E-state index is -1.20. The average Bonchev–Trinajstić information content (AvgIpc) is 3.08. The molecule has 0 aromatic carbocycles. The minimum Gasteiger partial charge on any atom is -0.477 e. The highest BCUT2D eigenvalue weighted by atomic mass is 32.2. The van der Waals surface area contributed by atoms with Gasteiger partial charge < -0.3 is 26.8 Å². The maximum atomic E-state index is 13.9. The molecule has 2 saturated heterocycles. The SMILES string of the molecule is CC1=C(C(=O)O)N2C(=O)[C@@H](NC(=O)[C@H](NC(=O)C3=C(C)CS[C@@H]4[C@H](NC(=O)[C@H](N)C5=CCC=CC5)C(=O)N34)C3=CCC=CC3)[C@H]2SC1. The summed E-state index contributed by atoms with van der Waals surface area (Å²) in [6.45, 7) is 3.40. The zero-order valence-electron chi connectivity index (χ0n) is 25.9. The van der Waals surface area contributed by atoms with Crippen LogP contribution in [0.15, 0.2) is 70.1 Å². The summed E-state index contributed by atoms with van der Waals surface area (Å²) in [5.41, 5.74) is 8.85. The number of thioether (sulfide) groups is 2. The molecule has 2 aliphatic carbocycles. The summed E-state index contributed by atoms with van der Waals surface area (Å²) in [6.07, 6.45) is 13.7. The lowest BCUT2D eigenvalue weighted by molar-refractivity contribution is -0.151. The molecule has 0 aromatic rings. The van der Waals surface area contributed by atoms with Gasteiger partial charge in [-0.1, -0.05) is 36.5 Å². The van der Waals surface area contributed by atoms with Gasteiger partial charge in [-0.15, -0.1) is 23.5 Å². The van der Waals surface area contributed by atoms with Gasteiger partial charge in [-0.3, -0.25) is 33.8 Å². The quantitative estimate of drug-likeness (QED) is 0.172. The number of carboxylic acid groups (broad SMARTS) is 1. The molecule has 0 aromatic heterocycles. The molecule has 6 atom stereocenters. The van der Waals surface area contributed by atoms with Gasteiger partial charge in [0.05, 0.1) is 0 Å².